The van der Waals surface area contributed by atoms with Crippen LogP contribution in [0.3, 0.4) is 0 Å². The molecule has 2 atom stereocenters. The number of ether oxygens (including phenoxy) is 4. The molecule has 0 aromatic heterocycles. The first-order valence-corrected chi connectivity index (χ1v) is 9.89. The van der Waals surface area contributed by atoms with Gasteiger partial charge in [-0.15, -0.1) is 0 Å². The summed E-state index contributed by atoms with van der Waals surface area (Å²) in [6, 6.07) is 6.03. The summed E-state index contributed by atoms with van der Waals surface area (Å²) in [5.41, 5.74) is 8.51. The molecule has 0 amide bonds. The third-order valence-electron chi connectivity index (χ3n) is 5.16. The van der Waals surface area contributed by atoms with Crippen molar-refractivity contribution in [2.45, 2.75) is 38.9 Å². The highest BCUT2D eigenvalue weighted by Gasteiger charge is 2.32. The number of nitro benzene ring substituents is 1. The van der Waals surface area contributed by atoms with Gasteiger partial charge in [0.25, 0.3) is 0 Å². The lowest BCUT2D eigenvalue weighted by atomic mass is 10.0. The summed E-state index contributed by atoms with van der Waals surface area (Å²) in [5.74, 6) is -0.0337. The molecular formula is C22H24N2O8. The van der Waals surface area contributed by atoms with Crippen molar-refractivity contribution in [1.29, 1.82) is 0 Å². The molecule has 2 aliphatic rings. The zero-order valence-corrected chi connectivity index (χ0v) is 18.2. The SMILES string of the molecule is COC(=O)c1ccc(N)c2c1CC(C)O2.COC(=O)c1ccc([N+](=O)[O-])c2c1CC(C)O2. The van der Waals surface area contributed by atoms with Crippen LogP contribution in [-0.2, 0) is 22.3 Å². The minimum absolute atomic E-state index is 0.0631. The lowest BCUT2D eigenvalue weighted by Gasteiger charge is -2.07. The summed E-state index contributed by atoms with van der Waals surface area (Å²) in [4.78, 5) is 33.3. The Hall–Kier alpha value is -3.82. The highest BCUT2D eigenvalue weighted by atomic mass is 16.6. The number of fused-ring (bicyclic) bond motifs is 2. The van der Waals surface area contributed by atoms with E-state index in [9.17, 15) is 19.7 Å². The van der Waals surface area contributed by atoms with Crippen LogP contribution in [-0.4, -0.2) is 43.3 Å². The van der Waals surface area contributed by atoms with Gasteiger partial charge in [-0.25, -0.2) is 9.59 Å². The number of hydrogen-bond donors (Lipinski definition) is 1. The number of benzene rings is 2. The molecule has 0 spiro atoms. The van der Waals surface area contributed by atoms with Crippen molar-refractivity contribution in [3.63, 3.8) is 0 Å². The first kappa shape index (κ1) is 22.9. The van der Waals surface area contributed by atoms with Crippen molar-refractivity contribution in [2.24, 2.45) is 0 Å². The number of nitrogens with zero attached hydrogens (tertiary/aromatic N) is 1. The quantitative estimate of drug-likeness (QED) is 0.327. The zero-order chi connectivity index (χ0) is 23.6. The summed E-state index contributed by atoms with van der Waals surface area (Å²) in [5, 5.41) is 10.8. The summed E-state index contributed by atoms with van der Waals surface area (Å²) in [6.07, 6.45) is 1.06. The minimum Gasteiger partial charge on any atom is -0.488 e. The standard InChI is InChI=1S/C11H11NO5.C11H13NO3/c1-6-5-8-7(11(13)16-2)3-4-9(12(14)15)10(8)17-6;1-6-5-8-7(11(13)14-2)3-4-9(12)10(8)15-6/h3-4,6H,5H2,1-2H3;3-4,6H,5,12H2,1-2H3. The second-order valence-electron chi connectivity index (χ2n) is 7.46. The fourth-order valence-corrected chi connectivity index (χ4v) is 3.74. The van der Waals surface area contributed by atoms with E-state index in [2.05, 4.69) is 4.74 Å². The first-order chi connectivity index (χ1) is 15.2. The van der Waals surface area contributed by atoms with E-state index in [-0.39, 0.29) is 29.6 Å². The molecule has 2 aromatic rings. The van der Waals surface area contributed by atoms with Gasteiger partial charge >= 0.3 is 17.6 Å². The zero-order valence-electron chi connectivity index (χ0n) is 18.2. The average molecular weight is 444 g/mol. The molecule has 10 heteroatoms. The Morgan fingerprint density at radius 2 is 1.41 bits per heavy atom. The number of carbonyl (C=O) groups excluding carboxylic acids is 2. The molecule has 170 valence electrons. The molecule has 0 fully saturated rings. The second kappa shape index (κ2) is 9.13. The highest BCUT2D eigenvalue weighted by molar-refractivity contribution is 5.93. The van der Waals surface area contributed by atoms with Crippen molar-refractivity contribution in [3.05, 3.63) is 56.6 Å². The van der Waals surface area contributed by atoms with Gasteiger partial charge in [0, 0.05) is 30.0 Å². The van der Waals surface area contributed by atoms with E-state index in [1.165, 1.54) is 26.4 Å². The number of nitrogens with two attached hydrogens (primary N) is 1. The second-order valence-corrected chi connectivity index (χ2v) is 7.46. The molecule has 2 aliphatic heterocycles. The Morgan fingerprint density at radius 1 is 0.938 bits per heavy atom. The van der Waals surface area contributed by atoms with Gasteiger partial charge in [0.1, 0.15) is 18.0 Å². The van der Waals surface area contributed by atoms with Crippen LogP contribution in [0.1, 0.15) is 45.7 Å². The van der Waals surface area contributed by atoms with Gasteiger partial charge < -0.3 is 24.7 Å². The number of nitrogen functional groups attached to an aromatic ring is 1. The van der Waals surface area contributed by atoms with Crippen LogP contribution < -0.4 is 15.2 Å². The van der Waals surface area contributed by atoms with Gasteiger partial charge in [-0.2, -0.15) is 0 Å². The van der Waals surface area contributed by atoms with Crippen molar-refractivity contribution in [2.75, 3.05) is 20.0 Å². The van der Waals surface area contributed by atoms with Crippen molar-refractivity contribution in [1.82, 2.24) is 0 Å². The van der Waals surface area contributed by atoms with E-state index in [1.807, 2.05) is 6.92 Å². The topological polar surface area (TPSA) is 140 Å². The highest BCUT2D eigenvalue weighted by Crippen LogP contribution is 2.40. The van der Waals surface area contributed by atoms with E-state index in [4.69, 9.17) is 19.9 Å². The largest absolute Gasteiger partial charge is 0.488 e. The molecular weight excluding hydrogens is 420 g/mol. The fourth-order valence-electron chi connectivity index (χ4n) is 3.74. The molecule has 0 saturated carbocycles. The van der Waals surface area contributed by atoms with Gasteiger partial charge in [0.15, 0.2) is 0 Å². The number of esters is 2. The van der Waals surface area contributed by atoms with Gasteiger partial charge in [0.05, 0.1) is 36.0 Å². The number of nitro groups is 1. The van der Waals surface area contributed by atoms with Crippen molar-refractivity contribution < 1.29 is 33.5 Å². The van der Waals surface area contributed by atoms with Crippen molar-refractivity contribution >= 4 is 23.3 Å². The number of anilines is 1. The van der Waals surface area contributed by atoms with E-state index in [0.717, 1.165) is 5.56 Å². The molecule has 2 N–H and O–H groups in total. The molecule has 0 saturated heterocycles. The van der Waals surface area contributed by atoms with Crippen molar-refractivity contribution in [3.8, 4) is 11.5 Å². The third-order valence-corrected chi connectivity index (χ3v) is 5.16. The fraction of sp³-hybridized carbons (Fsp3) is 0.364. The summed E-state index contributed by atoms with van der Waals surface area (Å²) in [6.45, 7) is 3.74. The average Bonchev–Trinajstić information content (AvgIpc) is 3.34. The molecule has 2 unspecified atom stereocenters. The maximum absolute atomic E-state index is 11.5. The summed E-state index contributed by atoms with van der Waals surface area (Å²) >= 11 is 0. The number of methoxy groups -OCH3 is 2. The predicted octanol–water partition coefficient (Wildman–Crippen LogP) is 3.08. The molecule has 2 heterocycles. The van der Waals surface area contributed by atoms with E-state index in [0.29, 0.717) is 41.0 Å². The normalized spacial score (nSPS) is 17.6. The Bertz CT molecular complexity index is 1080. The number of carbonyl (C=O) groups is 2. The molecule has 0 bridgehead atoms. The van der Waals surface area contributed by atoms with Crippen LogP contribution in [0.25, 0.3) is 0 Å². The Morgan fingerprint density at radius 3 is 1.91 bits per heavy atom. The summed E-state index contributed by atoms with van der Waals surface area (Å²) < 4.78 is 20.3. The molecule has 2 aromatic carbocycles. The Kier molecular flexibility index (Phi) is 6.52. The lowest BCUT2D eigenvalue weighted by molar-refractivity contribution is -0.385. The van der Waals surface area contributed by atoms with Gasteiger partial charge in [-0.3, -0.25) is 10.1 Å². The van der Waals surface area contributed by atoms with Crippen LogP contribution in [0, 0.1) is 10.1 Å². The molecule has 32 heavy (non-hydrogen) atoms. The lowest BCUT2D eigenvalue weighted by Crippen LogP contribution is -2.07. The van der Waals surface area contributed by atoms with E-state index < -0.39 is 10.9 Å². The molecule has 4 rings (SSSR count). The molecule has 10 nitrogen and oxygen atoms in total. The first-order valence-electron chi connectivity index (χ1n) is 9.89. The number of hydrogen-bond acceptors (Lipinski definition) is 9. The van der Waals surface area contributed by atoms with Crippen LogP contribution >= 0.6 is 0 Å². The van der Waals surface area contributed by atoms with Gasteiger partial charge in [-0.05, 0) is 32.0 Å². The maximum atomic E-state index is 11.5. The van der Waals surface area contributed by atoms with E-state index >= 15 is 0 Å². The maximum Gasteiger partial charge on any atom is 0.338 e. The number of rotatable bonds is 3. The monoisotopic (exact) mass is 444 g/mol. The Labute approximate surface area is 184 Å². The molecule has 0 radical (unpaired) electrons. The Balaban J connectivity index is 0.000000182. The molecule has 0 aliphatic carbocycles. The summed E-state index contributed by atoms with van der Waals surface area (Å²) in [7, 11) is 2.64. The van der Waals surface area contributed by atoms with Crippen LogP contribution in [0.15, 0.2) is 24.3 Å². The van der Waals surface area contributed by atoms with Crippen LogP contribution in [0.2, 0.25) is 0 Å². The van der Waals surface area contributed by atoms with Crippen LogP contribution in [0.5, 0.6) is 11.5 Å². The van der Waals surface area contributed by atoms with E-state index in [1.54, 1.807) is 19.1 Å². The van der Waals surface area contributed by atoms with Gasteiger partial charge in [0.2, 0.25) is 5.75 Å². The minimum atomic E-state index is -0.516. The van der Waals surface area contributed by atoms with Crippen LogP contribution in [0.4, 0.5) is 11.4 Å². The smallest absolute Gasteiger partial charge is 0.338 e. The van der Waals surface area contributed by atoms with Gasteiger partial charge in [-0.1, -0.05) is 0 Å². The third kappa shape index (κ3) is 4.29. The predicted molar refractivity (Wildman–Crippen MR) is 114 cm³/mol.